The number of hydrogen-bond donors (Lipinski definition) is 1. The Morgan fingerprint density at radius 2 is 1.15 bits per heavy atom. The maximum atomic E-state index is 11.7. The molecule has 4 rings (SSSR count). The fourth-order valence-corrected chi connectivity index (χ4v) is 5.59. The van der Waals surface area contributed by atoms with E-state index in [-0.39, 0.29) is 12.3 Å². The molecule has 1 atom stereocenters. The van der Waals surface area contributed by atoms with Gasteiger partial charge < -0.3 is 5.11 Å². The van der Waals surface area contributed by atoms with Gasteiger partial charge in [-0.25, -0.2) is 0 Å². The quantitative estimate of drug-likeness (QED) is 0.138. The smallest absolute Gasteiger partial charge is 0.303 e. The van der Waals surface area contributed by atoms with Crippen molar-refractivity contribution in [1.29, 1.82) is 0 Å². The number of rotatable bonds is 8. The highest BCUT2D eigenvalue weighted by molar-refractivity contribution is 6.83. The van der Waals surface area contributed by atoms with Crippen molar-refractivity contribution in [3.63, 3.8) is 0 Å². The number of carboxylic acid groups (broad SMARTS) is 1. The molecule has 0 saturated heterocycles. The first-order valence-electron chi connectivity index (χ1n) is 13.8. The third-order valence-corrected chi connectivity index (χ3v) is 7.75. The SMILES string of the molecule is C[Si](C)(C)C#CC#CC#CC(CCC(=O)O)c1ccccc1C(c1ccccc1)(c1ccccc1)c1ccccc1. The number of aliphatic carboxylic acids is 1. The summed E-state index contributed by atoms with van der Waals surface area (Å²) in [7, 11) is -1.52. The van der Waals surface area contributed by atoms with Crippen LogP contribution in [0.3, 0.4) is 0 Å². The van der Waals surface area contributed by atoms with Gasteiger partial charge in [0.2, 0.25) is 0 Å². The molecule has 0 radical (unpaired) electrons. The predicted molar refractivity (Wildman–Crippen MR) is 171 cm³/mol. The Kier molecular flexibility index (Phi) is 9.66. The van der Waals surface area contributed by atoms with Crippen molar-refractivity contribution in [3.05, 3.63) is 143 Å². The minimum atomic E-state index is -1.52. The summed E-state index contributed by atoms with van der Waals surface area (Å²) in [6.07, 6.45) is 0.377. The molecule has 0 amide bonds. The molecule has 3 heteroatoms. The minimum absolute atomic E-state index is 0.00551. The van der Waals surface area contributed by atoms with Crippen LogP contribution in [0.2, 0.25) is 19.6 Å². The molecule has 0 saturated carbocycles. The molecular formula is C38H34O2Si. The fraction of sp³-hybridized carbons (Fsp3) is 0.184. The van der Waals surface area contributed by atoms with Crippen LogP contribution in [-0.2, 0) is 10.2 Å². The minimum Gasteiger partial charge on any atom is -0.481 e. The van der Waals surface area contributed by atoms with E-state index in [0.717, 1.165) is 27.8 Å². The van der Waals surface area contributed by atoms with Gasteiger partial charge in [0, 0.05) is 12.3 Å². The summed E-state index contributed by atoms with van der Waals surface area (Å²) in [4.78, 5) is 11.7. The van der Waals surface area contributed by atoms with Crippen molar-refractivity contribution in [3.8, 4) is 35.1 Å². The number of carboxylic acids is 1. The van der Waals surface area contributed by atoms with Crippen molar-refractivity contribution >= 4 is 14.0 Å². The lowest BCUT2D eigenvalue weighted by atomic mass is 9.63. The second-order valence-electron chi connectivity index (χ2n) is 10.9. The highest BCUT2D eigenvalue weighted by atomic mass is 28.3. The van der Waals surface area contributed by atoms with E-state index in [1.54, 1.807) is 0 Å². The molecule has 2 nitrogen and oxygen atoms in total. The van der Waals surface area contributed by atoms with E-state index in [4.69, 9.17) is 0 Å². The molecule has 4 aromatic rings. The van der Waals surface area contributed by atoms with Gasteiger partial charge in [0.25, 0.3) is 0 Å². The Bertz CT molecular complexity index is 1550. The van der Waals surface area contributed by atoms with Crippen LogP contribution in [0.1, 0.15) is 46.6 Å². The molecule has 0 aromatic heterocycles. The Morgan fingerprint density at radius 1 is 0.683 bits per heavy atom. The van der Waals surface area contributed by atoms with Crippen LogP contribution in [0.5, 0.6) is 0 Å². The van der Waals surface area contributed by atoms with E-state index >= 15 is 0 Å². The van der Waals surface area contributed by atoms with E-state index in [2.05, 4.69) is 146 Å². The molecule has 0 spiro atoms. The average Bonchev–Trinajstić information content (AvgIpc) is 2.98. The topological polar surface area (TPSA) is 37.3 Å². The summed E-state index contributed by atoms with van der Waals surface area (Å²) < 4.78 is 0. The first-order valence-corrected chi connectivity index (χ1v) is 17.3. The first-order chi connectivity index (χ1) is 19.8. The van der Waals surface area contributed by atoms with Crippen LogP contribution in [0, 0.1) is 35.1 Å². The van der Waals surface area contributed by atoms with Crippen molar-refractivity contribution in [1.82, 2.24) is 0 Å². The predicted octanol–water partition coefficient (Wildman–Crippen LogP) is 7.91. The third kappa shape index (κ3) is 7.26. The zero-order valence-electron chi connectivity index (χ0n) is 23.8. The normalized spacial score (nSPS) is 11.5. The Balaban J connectivity index is 1.99. The highest BCUT2D eigenvalue weighted by Gasteiger charge is 2.40. The van der Waals surface area contributed by atoms with Gasteiger partial charge in [0.1, 0.15) is 8.07 Å². The molecule has 202 valence electrons. The summed E-state index contributed by atoms with van der Waals surface area (Å²) in [6, 6.07) is 39.8. The van der Waals surface area contributed by atoms with Gasteiger partial charge in [-0.05, 0) is 57.9 Å². The van der Waals surface area contributed by atoms with Crippen LogP contribution in [0.25, 0.3) is 0 Å². The Hall–Kier alpha value is -4.75. The lowest BCUT2D eigenvalue weighted by Gasteiger charge is -2.39. The fourth-order valence-electron chi connectivity index (χ4n) is 5.15. The number of hydrogen-bond acceptors (Lipinski definition) is 1. The second kappa shape index (κ2) is 13.5. The van der Waals surface area contributed by atoms with Crippen LogP contribution >= 0.6 is 0 Å². The van der Waals surface area contributed by atoms with Gasteiger partial charge in [-0.3, -0.25) is 4.79 Å². The Labute approximate surface area is 245 Å². The van der Waals surface area contributed by atoms with Gasteiger partial charge in [-0.15, -0.1) is 5.54 Å². The molecule has 0 aliphatic rings. The zero-order valence-corrected chi connectivity index (χ0v) is 24.8. The van der Waals surface area contributed by atoms with Crippen molar-refractivity contribution in [2.45, 2.75) is 43.8 Å². The number of carbonyl (C=O) groups is 1. The molecule has 0 aliphatic heterocycles. The van der Waals surface area contributed by atoms with E-state index < -0.39 is 19.5 Å². The van der Waals surface area contributed by atoms with E-state index in [1.807, 2.05) is 24.3 Å². The molecule has 1 unspecified atom stereocenters. The lowest BCUT2D eigenvalue weighted by molar-refractivity contribution is -0.137. The summed E-state index contributed by atoms with van der Waals surface area (Å²) in [6.45, 7) is 6.51. The standard InChI is InChI=1S/C38H34O2Si/c1-41(2,3)30-18-5-4-9-19-31(28-29-37(39)40)35-26-16-17-27-36(35)38(32-20-10-6-11-21-32,33-22-12-7-13-23-33)34-24-14-8-15-25-34/h6-8,10-17,20-27,31H,28-29H2,1-3H3,(H,39,40). The van der Waals surface area contributed by atoms with E-state index in [1.165, 1.54) is 0 Å². The lowest BCUT2D eigenvalue weighted by Crippen LogP contribution is -2.32. The largest absolute Gasteiger partial charge is 0.481 e. The van der Waals surface area contributed by atoms with Crippen molar-refractivity contribution in [2.75, 3.05) is 0 Å². The average molecular weight is 551 g/mol. The number of benzene rings is 4. The molecule has 0 fully saturated rings. The molecule has 4 aromatic carbocycles. The molecule has 41 heavy (non-hydrogen) atoms. The van der Waals surface area contributed by atoms with Gasteiger partial charge in [0.05, 0.1) is 5.41 Å². The zero-order chi connectivity index (χ0) is 29.1. The molecule has 0 aliphatic carbocycles. The summed E-state index contributed by atoms with van der Waals surface area (Å²) >= 11 is 0. The second-order valence-corrected chi connectivity index (χ2v) is 15.7. The molecule has 1 N–H and O–H groups in total. The van der Waals surface area contributed by atoms with E-state index in [0.29, 0.717) is 6.42 Å². The Morgan fingerprint density at radius 3 is 1.63 bits per heavy atom. The van der Waals surface area contributed by atoms with Gasteiger partial charge in [-0.1, -0.05) is 141 Å². The molecule has 0 heterocycles. The summed E-state index contributed by atoms with van der Waals surface area (Å²) in [5.74, 6) is 13.8. The van der Waals surface area contributed by atoms with Crippen LogP contribution in [0.15, 0.2) is 115 Å². The maximum absolute atomic E-state index is 11.7. The highest BCUT2D eigenvalue weighted by Crippen LogP contribution is 2.47. The molecule has 0 bridgehead atoms. The van der Waals surface area contributed by atoms with Crippen molar-refractivity contribution < 1.29 is 9.90 Å². The van der Waals surface area contributed by atoms with Gasteiger partial charge in [0.15, 0.2) is 0 Å². The van der Waals surface area contributed by atoms with Crippen LogP contribution < -0.4 is 0 Å². The summed E-state index contributed by atoms with van der Waals surface area (Å²) in [5, 5.41) is 9.60. The van der Waals surface area contributed by atoms with Crippen LogP contribution in [-0.4, -0.2) is 19.1 Å². The monoisotopic (exact) mass is 550 g/mol. The third-order valence-electron chi connectivity index (χ3n) is 6.88. The van der Waals surface area contributed by atoms with Crippen LogP contribution in [0.4, 0.5) is 0 Å². The molecular weight excluding hydrogens is 517 g/mol. The van der Waals surface area contributed by atoms with E-state index in [9.17, 15) is 9.90 Å². The summed E-state index contributed by atoms with van der Waals surface area (Å²) in [5.41, 5.74) is 8.01. The van der Waals surface area contributed by atoms with Crippen molar-refractivity contribution in [2.24, 2.45) is 0 Å². The maximum Gasteiger partial charge on any atom is 0.303 e. The van der Waals surface area contributed by atoms with Gasteiger partial charge >= 0.3 is 5.97 Å². The van der Waals surface area contributed by atoms with Gasteiger partial charge in [-0.2, -0.15) is 0 Å². The first kappa shape index (κ1) is 29.2.